The Labute approximate surface area is 170 Å². The summed E-state index contributed by atoms with van der Waals surface area (Å²) in [7, 11) is -1.00. The summed E-state index contributed by atoms with van der Waals surface area (Å²) in [4.78, 5) is 0. The van der Waals surface area contributed by atoms with E-state index in [1.807, 2.05) is 0 Å². The first-order valence-electron chi connectivity index (χ1n) is 10.6. The van der Waals surface area contributed by atoms with Gasteiger partial charge in [-0.25, -0.2) is 0 Å². The molecule has 29 heavy (non-hydrogen) atoms. The second kappa shape index (κ2) is 6.97. The molecule has 6 rings (SSSR count). The highest BCUT2D eigenvalue weighted by Gasteiger charge is 2.21. The second-order valence-corrected chi connectivity index (χ2v) is 9.75. The third kappa shape index (κ3) is 2.86. The third-order valence-electron chi connectivity index (χ3n) is 6.28. The summed E-state index contributed by atoms with van der Waals surface area (Å²) in [5.41, 5.74) is 2.45. The standard InChI is InChI=1S/C26H23O2P/c1-2-10-20(11-3-1)29-27-23-16-14-18-8-4-6-12-21(18)25(23)26-22-13-7-5-9-19(22)15-17-24(26)28-29/h4-9,12-17,20H,1-3,10-11H2. The summed E-state index contributed by atoms with van der Waals surface area (Å²) >= 11 is 0. The number of hydrogen-bond acceptors (Lipinski definition) is 2. The average molecular weight is 398 g/mol. The van der Waals surface area contributed by atoms with Crippen molar-refractivity contribution in [2.45, 2.75) is 37.8 Å². The van der Waals surface area contributed by atoms with Gasteiger partial charge in [-0.3, -0.25) is 0 Å². The molecule has 1 heterocycles. The molecule has 144 valence electrons. The van der Waals surface area contributed by atoms with Gasteiger partial charge in [0.2, 0.25) is 8.01 Å². The SMILES string of the molecule is c1ccc2c(c1)ccc1op(C3CCCCC3)oc3ccc4ccccc4c3c12. The molecule has 0 bridgehead atoms. The van der Waals surface area contributed by atoms with Gasteiger partial charge >= 0.3 is 0 Å². The molecule has 0 radical (unpaired) electrons. The topological polar surface area (TPSA) is 26.3 Å². The summed E-state index contributed by atoms with van der Waals surface area (Å²) < 4.78 is 13.4. The van der Waals surface area contributed by atoms with Gasteiger partial charge in [-0.1, -0.05) is 79.9 Å². The van der Waals surface area contributed by atoms with Crippen LogP contribution in [0.2, 0.25) is 0 Å². The second-order valence-electron chi connectivity index (χ2n) is 8.08. The maximum absolute atomic E-state index is 6.68. The van der Waals surface area contributed by atoms with E-state index in [0.29, 0.717) is 5.66 Å². The highest BCUT2D eigenvalue weighted by molar-refractivity contribution is 7.37. The molecule has 5 aromatic rings. The smallest absolute Gasteiger partial charge is 0.219 e. The Morgan fingerprint density at radius 3 is 1.66 bits per heavy atom. The van der Waals surface area contributed by atoms with Gasteiger partial charge in [0.05, 0.1) is 5.66 Å². The van der Waals surface area contributed by atoms with Gasteiger partial charge < -0.3 is 8.39 Å². The van der Waals surface area contributed by atoms with Gasteiger partial charge in [0, 0.05) is 10.8 Å². The molecular formula is C26H23O2P. The van der Waals surface area contributed by atoms with Crippen LogP contribution < -0.4 is 0 Å². The van der Waals surface area contributed by atoms with E-state index in [2.05, 4.69) is 72.8 Å². The predicted molar refractivity (Wildman–Crippen MR) is 123 cm³/mol. The van der Waals surface area contributed by atoms with Crippen LogP contribution in [0.25, 0.3) is 43.5 Å². The lowest BCUT2D eigenvalue weighted by Crippen LogP contribution is -1.97. The summed E-state index contributed by atoms with van der Waals surface area (Å²) in [6, 6.07) is 25.8. The van der Waals surface area contributed by atoms with Gasteiger partial charge in [-0.2, -0.15) is 0 Å². The zero-order valence-corrected chi connectivity index (χ0v) is 17.2. The molecule has 1 aliphatic carbocycles. The molecule has 4 aromatic carbocycles. The minimum atomic E-state index is -1.00. The molecule has 1 aromatic heterocycles. The first-order valence-corrected chi connectivity index (χ1v) is 11.8. The van der Waals surface area contributed by atoms with Crippen LogP contribution in [0.5, 0.6) is 0 Å². The maximum Gasteiger partial charge on any atom is 0.219 e. The quantitative estimate of drug-likeness (QED) is 0.281. The largest absolute Gasteiger partial charge is 0.419 e. The summed E-state index contributed by atoms with van der Waals surface area (Å²) in [5.74, 6) is 0. The Balaban J connectivity index is 1.84. The summed E-state index contributed by atoms with van der Waals surface area (Å²) in [6.07, 6.45) is 6.31. The van der Waals surface area contributed by atoms with Crippen LogP contribution in [-0.4, -0.2) is 0 Å². The van der Waals surface area contributed by atoms with Crippen molar-refractivity contribution in [3.8, 4) is 0 Å². The minimum Gasteiger partial charge on any atom is -0.419 e. The van der Waals surface area contributed by atoms with Gasteiger partial charge in [-0.05, 0) is 46.5 Å². The van der Waals surface area contributed by atoms with E-state index in [1.54, 1.807) is 0 Å². The molecule has 1 aliphatic rings. The number of fused-ring (bicyclic) bond motifs is 7. The molecule has 1 fully saturated rings. The van der Waals surface area contributed by atoms with Crippen LogP contribution in [0.4, 0.5) is 0 Å². The van der Waals surface area contributed by atoms with Crippen molar-refractivity contribution in [2.75, 3.05) is 0 Å². The molecule has 0 amide bonds. The van der Waals surface area contributed by atoms with Crippen molar-refractivity contribution in [3.63, 3.8) is 0 Å². The first-order chi connectivity index (χ1) is 14.4. The number of rotatable bonds is 1. The fraction of sp³-hybridized carbons (Fsp3) is 0.231. The van der Waals surface area contributed by atoms with Crippen molar-refractivity contribution in [2.24, 2.45) is 0 Å². The number of hydrogen-bond donors (Lipinski definition) is 0. The van der Waals surface area contributed by atoms with Gasteiger partial charge in [0.25, 0.3) is 0 Å². The van der Waals surface area contributed by atoms with Crippen LogP contribution >= 0.6 is 8.01 Å². The average Bonchev–Trinajstić information content (AvgIpc) is 2.97. The van der Waals surface area contributed by atoms with Crippen molar-refractivity contribution < 1.29 is 8.39 Å². The van der Waals surface area contributed by atoms with Crippen LogP contribution in [0.1, 0.15) is 37.8 Å². The molecule has 0 spiro atoms. The predicted octanol–water partition coefficient (Wildman–Crippen LogP) is 9.10. The van der Waals surface area contributed by atoms with Crippen LogP contribution in [0.3, 0.4) is 0 Å². The van der Waals surface area contributed by atoms with E-state index in [1.165, 1.54) is 64.4 Å². The van der Waals surface area contributed by atoms with E-state index in [9.17, 15) is 0 Å². The van der Waals surface area contributed by atoms with E-state index in [0.717, 1.165) is 11.2 Å². The molecule has 0 aliphatic heterocycles. The zero-order valence-electron chi connectivity index (χ0n) is 16.3. The molecule has 0 unspecified atom stereocenters. The van der Waals surface area contributed by atoms with Crippen molar-refractivity contribution in [3.05, 3.63) is 72.8 Å². The Kier molecular flexibility index (Phi) is 4.13. The lowest BCUT2D eigenvalue weighted by atomic mass is 9.99. The maximum atomic E-state index is 6.68. The van der Waals surface area contributed by atoms with Crippen molar-refractivity contribution in [1.29, 1.82) is 0 Å². The monoisotopic (exact) mass is 398 g/mol. The van der Waals surface area contributed by atoms with Crippen molar-refractivity contribution in [1.82, 2.24) is 0 Å². The van der Waals surface area contributed by atoms with E-state index in [4.69, 9.17) is 8.39 Å². The van der Waals surface area contributed by atoms with Crippen LogP contribution in [-0.2, 0) is 0 Å². The Bertz CT molecular complexity index is 1300. The van der Waals surface area contributed by atoms with Gasteiger partial charge in [0.1, 0.15) is 11.2 Å². The first kappa shape index (κ1) is 17.2. The Hall–Kier alpha value is -2.70. The molecule has 1 saturated carbocycles. The molecule has 3 heteroatoms. The molecule has 0 atom stereocenters. The van der Waals surface area contributed by atoms with Crippen LogP contribution in [0.15, 0.2) is 81.2 Å². The fourth-order valence-corrected chi connectivity index (χ4v) is 6.64. The van der Waals surface area contributed by atoms with Gasteiger partial charge in [-0.15, -0.1) is 0 Å². The third-order valence-corrected chi connectivity index (χ3v) is 8.15. The lowest BCUT2D eigenvalue weighted by Gasteiger charge is -2.18. The molecule has 0 saturated heterocycles. The molecule has 0 N–H and O–H groups in total. The highest BCUT2D eigenvalue weighted by Crippen LogP contribution is 2.51. The van der Waals surface area contributed by atoms with Gasteiger partial charge in [0.15, 0.2) is 0 Å². The summed E-state index contributed by atoms with van der Waals surface area (Å²) in [6.45, 7) is 0. The Morgan fingerprint density at radius 2 is 1.10 bits per heavy atom. The Morgan fingerprint density at radius 1 is 0.586 bits per heavy atom. The van der Waals surface area contributed by atoms with E-state index < -0.39 is 8.01 Å². The van der Waals surface area contributed by atoms with Crippen LogP contribution in [0, 0.1) is 0 Å². The molecule has 2 nitrogen and oxygen atoms in total. The van der Waals surface area contributed by atoms with E-state index in [-0.39, 0.29) is 0 Å². The fourth-order valence-electron chi connectivity index (χ4n) is 4.82. The minimum absolute atomic E-state index is 0.510. The number of benzene rings is 4. The van der Waals surface area contributed by atoms with E-state index >= 15 is 0 Å². The zero-order chi connectivity index (χ0) is 19.2. The normalized spacial score (nSPS) is 15.4. The van der Waals surface area contributed by atoms with Crippen molar-refractivity contribution >= 4 is 51.5 Å². The molecular weight excluding hydrogens is 375 g/mol. The highest BCUT2D eigenvalue weighted by atomic mass is 31.1. The summed E-state index contributed by atoms with van der Waals surface area (Å²) in [5, 5.41) is 7.28. The lowest BCUT2D eigenvalue weighted by molar-refractivity contribution is 0.463.